The van der Waals surface area contributed by atoms with Crippen molar-refractivity contribution >= 4 is 0 Å². The summed E-state index contributed by atoms with van der Waals surface area (Å²) in [6, 6.07) is 6.14. The third kappa shape index (κ3) is 2.85. The predicted octanol–water partition coefficient (Wildman–Crippen LogP) is 2.10. The summed E-state index contributed by atoms with van der Waals surface area (Å²) in [4.78, 5) is 0. The van der Waals surface area contributed by atoms with E-state index in [4.69, 9.17) is 19.9 Å². The average Bonchev–Trinajstić information content (AvgIpc) is 2.37. The molecule has 1 aromatic rings. The second kappa shape index (κ2) is 5.80. The quantitative estimate of drug-likeness (QED) is 0.856. The molecule has 1 saturated heterocycles. The van der Waals surface area contributed by atoms with E-state index in [1.54, 1.807) is 14.2 Å². The fourth-order valence-corrected chi connectivity index (χ4v) is 2.52. The first kappa shape index (κ1) is 14.2. The molecule has 1 aromatic carbocycles. The maximum atomic E-state index is 5.89. The minimum Gasteiger partial charge on any atom is -0.497 e. The van der Waals surface area contributed by atoms with Crippen molar-refractivity contribution in [1.82, 2.24) is 0 Å². The van der Waals surface area contributed by atoms with Gasteiger partial charge in [0.25, 0.3) is 0 Å². The fourth-order valence-electron chi connectivity index (χ4n) is 2.52. The number of hydrogen-bond donors (Lipinski definition) is 1. The molecule has 0 amide bonds. The summed E-state index contributed by atoms with van der Waals surface area (Å²) in [7, 11) is 3.38. The Morgan fingerprint density at radius 3 is 2.53 bits per heavy atom. The molecule has 0 bridgehead atoms. The van der Waals surface area contributed by atoms with Crippen LogP contribution in [-0.4, -0.2) is 33.5 Å². The molecule has 1 fully saturated rings. The molecule has 1 aliphatic rings. The Bertz CT molecular complexity index is 427. The Labute approximate surface area is 114 Å². The molecular weight excluding hydrogens is 242 g/mol. The monoisotopic (exact) mass is 265 g/mol. The van der Waals surface area contributed by atoms with Crippen LogP contribution >= 0.6 is 0 Å². The van der Waals surface area contributed by atoms with Gasteiger partial charge in [0, 0.05) is 17.0 Å². The van der Waals surface area contributed by atoms with Gasteiger partial charge in [-0.1, -0.05) is 0 Å². The van der Waals surface area contributed by atoms with Crippen LogP contribution in [0.15, 0.2) is 18.2 Å². The maximum absolute atomic E-state index is 5.89. The Balaban J connectivity index is 2.30. The molecule has 106 valence electrons. The van der Waals surface area contributed by atoms with Gasteiger partial charge in [-0.2, -0.15) is 0 Å². The van der Waals surface area contributed by atoms with E-state index < -0.39 is 0 Å². The lowest BCUT2D eigenvalue weighted by molar-refractivity contribution is -0.0666. The van der Waals surface area contributed by atoms with Gasteiger partial charge in [0.2, 0.25) is 0 Å². The minimum absolute atomic E-state index is 0.0213. The van der Waals surface area contributed by atoms with Gasteiger partial charge in [-0.3, -0.25) is 0 Å². The van der Waals surface area contributed by atoms with Gasteiger partial charge in [-0.25, -0.2) is 0 Å². The van der Waals surface area contributed by atoms with E-state index in [0.29, 0.717) is 0 Å². The molecule has 2 N–H and O–H groups in total. The number of nitrogens with two attached hydrogens (primary N) is 1. The van der Waals surface area contributed by atoms with E-state index in [9.17, 15) is 0 Å². The predicted molar refractivity (Wildman–Crippen MR) is 74.9 cm³/mol. The van der Waals surface area contributed by atoms with Crippen molar-refractivity contribution in [3.05, 3.63) is 23.8 Å². The summed E-state index contributed by atoms with van der Waals surface area (Å²) in [5.74, 6) is 1.75. The van der Waals surface area contributed by atoms with Crippen LogP contribution in [0.5, 0.6) is 11.5 Å². The van der Waals surface area contributed by atoms with Crippen LogP contribution < -0.4 is 15.2 Å². The molecule has 1 aliphatic heterocycles. The first-order valence-electron chi connectivity index (χ1n) is 6.67. The summed E-state index contributed by atoms with van der Waals surface area (Å²) in [5, 5.41) is 0. The second-order valence-corrected chi connectivity index (χ2v) is 5.36. The zero-order valence-corrected chi connectivity index (χ0v) is 11.9. The Morgan fingerprint density at radius 1 is 1.32 bits per heavy atom. The molecular formula is C15H23NO3. The molecule has 0 spiro atoms. The molecule has 1 atom stereocenters. The Hall–Kier alpha value is -1.26. The normalized spacial score (nSPS) is 18.5. The molecule has 4 heteroatoms. The van der Waals surface area contributed by atoms with E-state index in [1.807, 2.05) is 19.1 Å². The van der Waals surface area contributed by atoms with Crippen molar-refractivity contribution in [2.45, 2.75) is 31.2 Å². The van der Waals surface area contributed by atoms with Gasteiger partial charge >= 0.3 is 0 Å². The molecule has 1 unspecified atom stereocenters. The number of benzene rings is 1. The Morgan fingerprint density at radius 2 is 2.05 bits per heavy atom. The van der Waals surface area contributed by atoms with Crippen LogP contribution in [0.1, 0.15) is 25.3 Å². The van der Waals surface area contributed by atoms with Crippen molar-refractivity contribution in [2.75, 3.05) is 27.4 Å². The molecule has 0 aromatic heterocycles. The molecule has 1 heterocycles. The molecule has 4 nitrogen and oxygen atoms in total. The summed E-state index contributed by atoms with van der Waals surface area (Å²) < 4.78 is 16.3. The summed E-state index contributed by atoms with van der Waals surface area (Å²) in [6.45, 7) is 3.49. The van der Waals surface area contributed by atoms with Crippen LogP contribution in [-0.2, 0) is 10.2 Å². The number of methoxy groups -OCH3 is 2. The van der Waals surface area contributed by atoms with E-state index in [0.717, 1.165) is 37.6 Å². The summed E-state index contributed by atoms with van der Waals surface area (Å²) >= 11 is 0. The van der Waals surface area contributed by atoms with E-state index in [-0.39, 0.29) is 11.5 Å². The van der Waals surface area contributed by atoms with Crippen LogP contribution in [0, 0.1) is 0 Å². The van der Waals surface area contributed by atoms with Gasteiger partial charge in [0.15, 0.2) is 0 Å². The van der Waals surface area contributed by atoms with Gasteiger partial charge < -0.3 is 19.9 Å². The average molecular weight is 265 g/mol. The first-order chi connectivity index (χ1) is 9.11. The van der Waals surface area contributed by atoms with Crippen molar-refractivity contribution in [2.24, 2.45) is 5.73 Å². The van der Waals surface area contributed by atoms with Crippen molar-refractivity contribution in [3.63, 3.8) is 0 Å². The highest BCUT2D eigenvalue weighted by molar-refractivity contribution is 5.46. The standard InChI is InChI=1S/C15H23NO3/c1-11(16)6-7-15(9-19-10-15)13-8-12(17-2)4-5-14(13)18-3/h4-5,8,11H,6-7,9-10,16H2,1-3H3. The zero-order valence-electron chi connectivity index (χ0n) is 11.9. The minimum atomic E-state index is 0.0213. The Kier molecular flexibility index (Phi) is 4.32. The number of rotatable bonds is 6. The fraction of sp³-hybridized carbons (Fsp3) is 0.600. The lowest BCUT2D eigenvalue weighted by atomic mass is 9.74. The van der Waals surface area contributed by atoms with Gasteiger partial charge in [0.05, 0.1) is 27.4 Å². The van der Waals surface area contributed by atoms with E-state index >= 15 is 0 Å². The molecule has 19 heavy (non-hydrogen) atoms. The second-order valence-electron chi connectivity index (χ2n) is 5.36. The molecule has 2 rings (SSSR count). The van der Waals surface area contributed by atoms with Crippen molar-refractivity contribution in [3.8, 4) is 11.5 Å². The largest absolute Gasteiger partial charge is 0.497 e. The molecule has 0 saturated carbocycles. The highest BCUT2D eigenvalue weighted by Crippen LogP contribution is 2.43. The van der Waals surface area contributed by atoms with Crippen LogP contribution in [0.2, 0.25) is 0 Å². The first-order valence-corrected chi connectivity index (χ1v) is 6.67. The van der Waals surface area contributed by atoms with Crippen LogP contribution in [0.4, 0.5) is 0 Å². The van der Waals surface area contributed by atoms with E-state index in [1.165, 1.54) is 5.56 Å². The summed E-state index contributed by atoms with van der Waals surface area (Å²) in [6.07, 6.45) is 1.98. The highest BCUT2D eigenvalue weighted by Gasteiger charge is 2.42. The van der Waals surface area contributed by atoms with Gasteiger partial charge in [-0.05, 0) is 38.0 Å². The topological polar surface area (TPSA) is 53.7 Å². The van der Waals surface area contributed by atoms with Crippen LogP contribution in [0.25, 0.3) is 0 Å². The van der Waals surface area contributed by atoms with Crippen LogP contribution in [0.3, 0.4) is 0 Å². The van der Waals surface area contributed by atoms with Gasteiger partial charge in [0.1, 0.15) is 11.5 Å². The lowest BCUT2D eigenvalue weighted by Crippen LogP contribution is -2.47. The van der Waals surface area contributed by atoms with Gasteiger partial charge in [-0.15, -0.1) is 0 Å². The summed E-state index contributed by atoms with van der Waals surface area (Å²) in [5.41, 5.74) is 7.08. The molecule has 0 aliphatic carbocycles. The third-order valence-electron chi connectivity index (χ3n) is 3.81. The SMILES string of the molecule is COc1ccc(OC)c(C2(CCC(C)N)COC2)c1. The zero-order chi connectivity index (χ0) is 13.9. The smallest absolute Gasteiger partial charge is 0.123 e. The number of hydrogen-bond acceptors (Lipinski definition) is 4. The number of ether oxygens (including phenoxy) is 3. The highest BCUT2D eigenvalue weighted by atomic mass is 16.5. The maximum Gasteiger partial charge on any atom is 0.123 e. The van der Waals surface area contributed by atoms with Crippen molar-refractivity contribution in [1.29, 1.82) is 0 Å². The third-order valence-corrected chi connectivity index (χ3v) is 3.81. The van der Waals surface area contributed by atoms with E-state index in [2.05, 4.69) is 6.07 Å². The molecule has 0 radical (unpaired) electrons. The van der Waals surface area contributed by atoms with Crippen molar-refractivity contribution < 1.29 is 14.2 Å². The lowest BCUT2D eigenvalue weighted by Gasteiger charge is -2.43.